The van der Waals surface area contributed by atoms with Gasteiger partial charge >= 0.3 is 0 Å². The Hall–Kier alpha value is -2.40. The minimum atomic E-state index is 0.273. The van der Waals surface area contributed by atoms with Crippen molar-refractivity contribution in [2.75, 3.05) is 26.7 Å². The van der Waals surface area contributed by atoms with Gasteiger partial charge in [-0.2, -0.15) is 0 Å². The predicted octanol–water partition coefficient (Wildman–Crippen LogP) is 3.80. The molecule has 0 saturated carbocycles. The first-order chi connectivity index (χ1) is 14.1. The van der Waals surface area contributed by atoms with Crippen LogP contribution in [0.1, 0.15) is 42.4 Å². The molecule has 1 spiro atoms. The Balaban J connectivity index is 1.37. The lowest BCUT2D eigenvalue weighted by molar-refractivity contribution is -0.140. The third-order valence-electron chi connectivity index (χ3n) is 6.62. The van der Waals surface area contributed by atoms with Gasteiger partial charge in [-0.15, -0.1) is 0 Å². The van der Waals surface area contributed by atoms with Crippen molar-refractivity contribution in [2.24, 2.45) is 5.41 Å². The van der Waals surface area contributed by atoms with Gasteiger partial charge in [0.15, 0.2) is 0 Å². The van der Waals surface area contributed by atoms with Crippen LogP contribution in [0.5, 0.6) is 5.75 Å². The van der Waals surface area contributed by atoms with Gasteiger partial charge in [-0.1, -0.05) is 12.1 Å². The molecule has 0 unspecified atom stereocenters. The number of ether oxygens (including phenoxy) is 1. The number of pyridine rings is 1. The topological polar surface area (TPSA) is 45.7 Å². The first-order valence-corrected chi connectivity index (χ1v) is 10.6. The third-order valence-corrected chi connectivity index (χ3v) is 6.62. The maximum Gasteiger partial charge on any atom is 0.222 e. The van der Waals surface area contributed by atoms with Crippen LogP contribution in [0.3, 0.4) is 0 Å². The fraction of sp³-hybridized carbons (Fsp3) is 0.500. The van der Waals surface area contributed by atoms with E-state index in [0.717, 1.165) is 56.8 Å². The number of hydrogen-bond acceptors (Lipinski definition) is 4. The van der Waals surface area contributed by atoms with E-state index in [1.165, 1.54) is 11.1 Å². The first kappa shape index (κ1) is 19.9. The van der Waals surface area contributed by atoms with Crippen molar-refractivity contribution in [1.29, 1.82) is 0 Å². The molecule has 29 heavy (non-hydrogen) atoms. The Bertz CT molecular complexity index is 844. The average Bonchev–Trinajstić information content (AvgIpc) is 2.74. The molecule has 2 fully saturated rings. The zero-order chi connectivity index (χ0) is 20.3. The van der Waals surface area contributed by atoms with Crippen LogP contribution >= 0.6 is 0 Å². The number of carbonyl (C=O) groups is 1. The number of rotatable bonds is 5. The van der Waals surface area contributed by atoms with Crippen molar-refractivity contribution in [1.82, 2.24) is 14.8 Å². The normalized spacial score (nSPS) is 19.5. The van der Waals surface area contributed by atoms with Crippen LogP contribution in [0, 0.1) is 12.3 Å². The van der Waals surface area contributed by atoms with Crippen LogP contribution < -0.4 is 4.74 Å². The highest BCUT2D eigenvalue weighted by atomic mass is 16.5. The Kier molecular flexibility index (Phi) is 5.86. The smallest absolute Gasteiger partial charge is 0.222 e. The molecule has 0 radical (unpaired) electrons. The molecule has 2 aromatic rings. The van der Waals surface area contributed by atoms with Gasteiger partial charge in [-0.3, -0.25) is 14.7 Å². The molecule has 2 saturated heterocycles. The minimum absolute atomic E-state index is 0.273. The molecule has 4 rings (SSSR count). The van der Waals surface area contributed by atoms with E-state index in [-0.39, 0.29) is 5.41 Å². The summed E-state index contributed by atoms with van der Waals surface area (Å²) in [4.78, 5) is 21.2. The lowest BCUT2D eigenvalue weighted by Crippen LogP contribution is -2.51. The number of hydrogen-bond donors (Lipinski definition) is 0. The molecule has 3 heterocycles. The summed E-state index contributed by atoms with van der Waals surface area (Å²) in [5, 5.41) is 0. The quantitative estimate of drug-likeness (QED) is 0.775. The number of aromatic nitrogens is 1. The van der Waals surface area contributed by atoms with Gasteiger partial charge in [-0.25, -0.2) is 0 Å². The molecular formula is C24H31N3O2. The van der Waals surface area contributed by atoms with Crippen molar-refractivity contribution >= 4 is 5.91 Å². The molecule has 5 nitrogen and oxygen atoms in total. The second-order valence-electron chi connectivity index (χ2n) is 8.70. The number of methoxy groups -OCH3 is 1. The number of benzene rings is 1. The van der Waals surface area contributed by atoms with Gasteiger partial charge in [0, 0.05) is 44.0 Å². The molecule has 0 aliphatic carbocycles. The largest absolute Gasteiger partial charge is 0.496 e. The Morgan fingerprint density at radius 3 is 2.55 bits per heavy atom. The maximum atomic E-state index is 12.5. The van der Waals surface area contributed by atoms with E-state index in [1.54, 1.807) is 19.5 Å². The molecule has 0 atom stereocenters. The molecule has 2 aliphatic heterocycles. The van der Waals surface area contributed by atoms with Gasteiger partial charge in [0.1, 0.15) is 5.75 Å². The summed E-state index contributed by atoms with van der Waals surface area (Å²) in [6.45, 7) is 6.77. The molecule has 0 bridgehead atoms. The number of piperidine rings is 2. The average molecular weight is 394 g/mol. The van der Waals surface area contributed by atoms with E-state index >= 15 is 0 Å². The molecule has 1 aromatic heterocycles. The van der Waals surface area contributed by atoms with Crippen LogP contribution in [0.25, 0.3) is 0 Å². The number of aryl methyl sites for hydroxylation is 1. The van der Waals surface area contributed by atoms with Gasteiger partial charge in [-0.05, 0) is 74.0 Å². The van der Waals surface area contributed by atoms with E-state index in [4.69, 9.17) is 4.74 Å². The zero-order valence-electron chi connectivity index (χ0n) is 17.6. The van der Waals surface area contributed by atoms with Crippen molar-refractivity contribution in [2.45, 2.75) is 45.7 Å². The summed E-state index contributed by atoms with van der Waals surface area (Å²) >= 11 is 0. The number of amides is 1. The van der Waals surface area contributed by atoms with Gasteiger partial charge in [0.2, 0.25) is 5.91 Å². The first-order valence-electron chi connectivity index (χ1n) is 10.6. The standard InChI is InChI=1S/C24H31N3O2/c1-19-3-4-21(22(15-19)29-2)17-26-13-9-24(10-14-26)8-5-23(28)27(18-24)16-20-6-11-25-12-7-20/h3-4,6-7,11-12,15H,5,8-10,13-14,16-18H2,1-2H3. The van der Waals surface area contributed by atoms with Crippen molar-refractivity contribution < 1.29 is 9.53 Å². The molecule has 154 valence electrons. The molecule has 1 aromatic carbocycles. The Morgan fingerprint density at radius 2 is 1.83 bits per heavy atom. The second-order valence-corrected chi connectivity index (χ2v) is 8.70. The minimum Gasteiger partial charge on any atom is -0.496 e. The fourth-order valence-corrected chi connectivity index (χ4v) is 4.77. The third kappa shape index (κ3) is 4.61. The monoisotopic (exact) mass is 393 g/mol. The summed E-state index contributed by atoms with van der Waals surface area (Å²) < 4.78 is 5.58. The highest BCUT2D eigenvalue weighted by Crippen LogP contribution is 2.41. The number of nitrogens with zero attached hydrogens (tertiary/aromatic N) is 3. The summed E-state index contributed by atoms with van der Waals surface area (Å²) in [5.74, 6) is 1.27. The summed E-state index contributed by atoms with van der Waals surface area (Å²) in [6, 6.07) is 10.5. The van der Waals surface area contributed by atoms with Crippen molar-refractivity contribution in [3.05, 3.63) is 59.4 Å². The summed E-state index contributed by atoms with van der Waals surface area (Å²) in [7, 11) is 1.75. The van der Waals surface area contributed by atoms with E-state index in [2.05, 4.69) is 39.9 Å². The molecule has 5 heteroatoms. The van der Waals surface area contributed by atoms with Crippen LogP contribution in [0.2, 0.25) is 0 Å². The molecule has 0 N–H and O–H groups in total. The van der Waals surface area contributed by atoms with Crippen LogP contribution in [-0.2, 0) is 17.9 Å². The van der Waals surface area contributed by atoms with Crippen molar-refractivity contribution in [3.63, 3.8) is 0 Å². The zero-order valence-corrected chi connectivity index (χ0v) is 17.6. The lowest BCUT2D eigenvalue weighted by Gasteiger charge is -2.47. The van der Waals surface area contributed by atoms with E-state index < -0.39 is 0 Å². The highest BCUT2D eigenvalue weighted by molar-refractivity contribution is 5.77. The predicted molar refractivity (Wildman–Crippen MR) is 114 cm³/mol. The number of likely N-dealkylation sites (tertiary alicyclic amines) is 2. The molecule has 2 aliphatic rings. The highest BCUT2D eigenvalue weighted by Gasteiger charge is 2.40. The van der Waals surface area contributed by atoms with Gasteiger partial charge in [0.25, 0.3) is 0 Å². The number of carbonyl (C=O) groups excluding carboxylic acids is 1. The summed E-state index contributed by atoms with van der Waals surface area (Å²) in [6.07, 6.45) is 7.62. The van der Waals surface area contributed by atoms with Crippen molar-refractivity contribution in [3.8, 4) is 5.75 Å². The van der Waals surface area contributed by atoms with E-state index in [9.17, 15) is 4.79 Å². The Labute approximate surface area is 173 Å². The molecular weight excluding hydrogens is 362 g/mol. The van der Waals surface area contributed by atoms with Crippen LogP contribution in [0.4, 0.5) is 0 Å². The van der Waals surface area contributed by atoms with Gasteiger partial charge < -0.3 is 9.64 Å². The second kappa shape index (κ2) is 8.54. The molecule has 1 amide bonds. The van der Waals surface area contributed by atoms with E-state index in [1.807, 2.05) is 12.1 Å². The van der Waals surface area contributed by atoms with Gasteiger partial charge in [0.05, 0.1) is 7.11 Å². The SMILES string of the molecule is COc1cc(C)ccc1CN1CCC2(CCC(=O)N(Cc3ccncc3)C2)CC1. The summed E-state index contributed by atoms with van der Waals surface area (Å²) in [5.41, 5.74) is 3.92. The fourth-order valence-electron chi connectivity index (χ4n) is 4.77. The van der Waals surface area contributed by atoms with E-state index in [0.29, 0.717) is 18.9 Å². The maximum absolute atomic E-state index is 12.5. The lowest BCUT2D eigenvalue weighted by atomic mass is 9.72. The van der Waals surface area contributed by atoms with Crippen LogP contribution in [0.15, 0.2) is 42.7 Å². The van der Waals surface area contributed by atoms with Crippen LogP contribution in [-0.4, -0.2) is 47.4 Å². The Morgan fingerprint density at radius 1 is 1.07 bits per heavy atom.